The fourth-order valence-electron chi connectivity index (χ4n) is 1.33. The molecule has 1 unspecified atom stereocenters. The average Bonchev–Trinajstić information content (AvgIpc) is 2.36. The number of aliphatic hydroxyl groups excluding tert-OH is 1. The molecule has 0 aliphatic carbocycles. The Bertz CT molecular complexity index is 361. The minimum absolute atomic E-state index is 0.246. The monoisotopic (exact) mass is 238 g/mol. The number of hydrogen-bond donors (Lipinski definition) is 2. The standard InChI is InChI=1S/C13H18O4/c1-10(2)12(15)17-9-13(16,8-14)11-6-4-3-5-7-11/h3-7,10,14,16H,8-9H2,1-2H3. The summed E-state index contributed by atoms with van der Waals surface area (Å²) in [6, 6.07) is 8.67. The van der Waals surface area contributed by atoms with Gasteiger partial charge in [0.25, 0.3) is 0 Å². The third-order valence-corrected chi connectivity index (χ3v) is 2.50. The first kappa shape index (κ1) is 13.7. The highest BCUT2D eigenvalue weighted by Gasteiger charge is 2.30. The van der Waals surface area contributed by atoms with Crippen molar-refractivity contribution < 1.29 is 19.7 Å². The van der Waals surface area contributed by atoms with Crippen LogP contribution in [-0.2, 0) is 15.1 Å². The average molecular weight is 238 g/mol. The third kappa shape index (κ3) is 3.54. The van der Waals surface area contributed by atoms with Crippen LogP contribution in [0.15, 0.2) is 30.3 Å². The van der Waals surface area contributed by atoms with Gasteiger partial charge in [-0.05, 0) is 5.56 Å². The van der Waals surface area contributed by atoms with Crippen LogP contribution in [0.2, 0.25) is 0 Å². The van der Waals surface area contributed by atoms with Crippen molar-refractivity contribution in [1.82, 2.24) is 0 Å². The predicted octanol–water partition coefficient (Wildman–Crippen LogP) is 1.07. The molecule has 1 rings (SSSR count). The first-order valence-electron chi connectivity index (χ1n) is 5.55. The highest BCUT2D eigenvalue weighted by atomic mass is 16.5. The molecule has 0 fully saturated rings. The predicted molar refractivity (Wildman–Crippen MR) is 63.2 cm³/mol. The maximum Gasteiger partial charge on any atom is 0.308 e. The molecule has 0 saturated carbocycles. The van der Waals surface area contributed by atoms with Gasteiger partial charge in [-0.3, -0.25) is 4.79 Å². The first-order chi connectivity index (χ1) is 7.99. The molecule has 0 spiro atoms. The van der Waals surface area contributed by atoms with E-state index in [1.165, 1.54) is 0 Å². The fraction of sp³-hybridized carbons (Fsp3) is 0.462. The Morgan fingerprint density at radius 1 is 1.35 bits per heavy atom. The quantitative estimate of drug-likeness (QED) is 0.753. The van der Waals surface area contributed by atoms with Crippen LogP contribution < -0.4 is 0 Å². The molecule has 94 valence electrons. The smallest absolute Gasteiger partial charge is 0.308 e. The zero-order valence-corrected chi connectivity index (χ0v) is 10.1. The van der Waals surface area contributed by atoms with Gasteiger partial charge in [0, 0.05) is 0 Å². The molecule has 0 aliphatic heterocycles. The van der Waals surface area contributed by atoms with Gasteiger partial charge in [-0.15, -0.1) is 0 Å². The van der Waals surface area contributed by atoms with Gasteiger partial charge in [0.2, 0.25) is 0 Å². The van der Waals surface area contributed by atoms with Gasteiger partial charge in [-0.2, -0.15) is 0 Å². The largest absolute Gasteiger partial charge is 0.462 e. The summed E-state index contributed by atoms with van der Waals surface area (Å²) in [5.41, 5.74) is -1.01. The van der Waals surface area contributed by atoms with E-state index in [2.05, 4.69) is 0 Å². The molecular weight excluding hydrogens is 220 g/mol. The molecule has 2 N–H and O–H groups in total. The van der Waals surface area contributed by atoms with Gasteiger partial charge in [-0.1, -0.05) is 44.2 Å². The summed E-state index contributed by atoms with van der Waals surface area (Å²) >= 11 is 0. The highest BCUT2D eigenvalue weighted by molar-refractivity contribution is 5.71. The molecule has 1 aromatic carbocycles. The summed E-state index contributed by atoms with van der Waals surface area (Å²) in [5.74, 6) is -0.651. The number of benzene rings is 1. The molecule has 0 amide bonds. The van der Waals surface area contributed by atoms with Gasteiger partial charge in [0.1, 0.15) is 12.2 Å². The first-order valence-corrected chi connectivity index (χ1v) is 5.55. The van der Waals surface area contributed by atoms with E-state index >= 15 is 0 Å². The van der Waals surface area contributed by atoms with Crippen LogP contribution in [0.1, 0.15) is 19.4 Å². The molecule has 0 radical (unpaired) electrons. The number of aliphatic hydroxyl groups is 2. The third-order valence-electron chi connectivity index (χ3n) is 2.50. The maximum absolute atomic E-state index is 11.3. The zero-order valence-electron chi connectivity index (χ0n) is 10.1. The van der Waals surface area contributed by atoms with Crippen molar-refractivity contribution in [2.45, 2.75) is 19.4 Å². The second-order valence-electron chi connectivity index (χ2n) is 4.32. The van der Waals surface area contributed by atoms with Crippen molar-refractivity contribution >= 4 is 5.97 Å². The minimum atomic E-state index is -1.54. The summed E-state index contributed by atoms with van der Waals surface area (Å²) in [5, 5.41) is 19.4. The lowest BCUT2D eigenvalue weighted by atomic mass is 9.96. The van der Waals surface area contributed by atoms with Crippen LogP contribution in [-0.4, -0.2) is 29.4 Å². The molecule has 0 saturated heterocycles. The minimum Gasteiger partial charge on any atom is -0.462 e. The van der Waals surface area contributed by atoms with Crippen LogP contribution in [0.4, 0.5) is 0 Å². The molecule has 17 heavy (non-hydrogen) atoms. The van der Waals surface area contributed by atoms with E-state index < -0.39 is 18.2 Å². The van der Waals surface area contributed by atoms with Crippen LogP contribution >= 0.6 is 0 Å². The fourth-order valence-corrected chi connectivity index (χ4v) is 1.33. The molecule has 0 heterocycles. The Labute approximate surface area is 101 Å². The topological polar surface area (TPSA) is 66.8 Å². The van der Waals surface area contributed by atoms with Crippen molar-refractivity contribution in [3.8, 4) is 0 Å². The zero-order chi connectivity index (χ0) is 12.9. The molecule has 1 atom stereocenters. The van der Waals surface area contributed by atoms with Crippen molar-refractivity contribution in [2.75, 3.05) is 13.2 Å². The van der Waals surface area contributed by atoms with E-state index in [4.69, 9.17) is 4.74 Å². The van der Waals surface area contributed by atoms with E-state index in [9.17, 15) is 15.0 Å². The molecule has 0 aromatic heterocycles. The van der Waals surface area contributed by atoms with Crippen molar-refractivity contribution in [1.29, 1.82) is 0 Å². The molecule has 4 nitrogen and oxygen atoms in total. The summed E-state index contributed by atoms with van der Waals surface area (Å²) in [4.78, 5) is 11.3. The number of hydrogen-bond acceptors (Lipinski definition) is 4. The lowest BCUT2D eigenvalue weighted by Gasteiger charge is -2.26. The molecule has 0 bridgehead atoms. The van der Waals surface area contributed by atoms with Gasteiger partial charge >= 0.3 is 5.97 Å². The normalized spacial score (nSPS) is 14.4. The van der Waals surface area contributed by atoms with Gasteiger partial charge in [0.15, 0.2) is 0 Å². The lowest BCUT2D eigenvalue weighted by Crippen LogP contribution is -2.37. The maximum atomic E-state index is 11.3. The molecular formula is C13H18O4. The Balaban J connectivity index is 2.73. The van der Waals surface area contributed by atoms with E-state index in [-0.39, 0.29) is 12.5 Å². The van der Waals surface area contributed by atoms with Crippen molar-refractivity contribution in [3.63, 3.8) is 0 Å². The van der Waals surface area contributed by atoms with E-state index in [1.54, 1.807) is 44.2 Å². The number of esters is 1. The number of carbonyl (C=O) groups is 1. The summed E-state index contributed by atoms with van der Waals surface area (Å²) < 4.78 is 4.96. The van der Waals surface area contributed by atoms with Gasteiger partial charge < -0.3 is 14.9 Å². The van der Waals surface area contributed by atoms with Crippen LogP contribution in [0, 0.1) is 5.92 Å². The van der Waals surface area contributed by atoms with Crippen molar-refractivity contribution in [2.24, 2.45) is 5.92 Å². The molecule has 4 heteroatoms. The Morgan fingerprint density at radius 2 is 1.94 bits per heavy atom. The summed E-state index contributed by atoms with van der Waals surface area (Å²) in [6.45, 7) is 2.68. The Hall–Kier alpha value is -1.39. The lowest BCUT2D eigenvalue weighted by molar-refractivity contribution is -0.158. The second kappa shape index (κ2) is 5.80. The SMILES string of the molecule is CC(C)C(=O)OCC(O)(CO)c1ccccc1. The van der Waals surface area contributed by atoms with E-state index in [0.717, 1.165) is 0 Å². The summed E-state index contributed by atoms with van der Waals surface area (Å²) in [6.07, 6.45) is 0. The molecule has 0 aliphatic rings. The Morgan fingerprint density at radius 3 is 2.41 bits per heavy atom. The van der Waals surface area contributed by atoms with Crippen LogP contribution in [0.25, 0.3) is 0 Å². The number of carbonyl (C=O) groups excluding carboxylic acids is 1. The van der Waals surface area contributed by atoms with Crippen LogP contribution in [0.5, 0.6) is 0 Å². The van der Waals surface area contributed by atoms with E-state index in [1.807, 2.05) is 0 Å². The van der Waals surface area contributed by atoms with E-state index in [0.29, 0.717) is 5.56 Å². The Kier molecular flexibility index (Phi) is 4.66. The van der Waals surface area contributed by atoms with Gasteiger partial charge in [0.05, 0.1) is 12.5 Å². The second-order valence-corrected chi connectivity index (χ2v) is 4.32. The number of ether oxygens (including phenoxy) is 1. The molecule has 1 aromatic rings. The number of rotatable bonds is 5. The summed E-state index contributed by atoms with van der Waals surface area (Å²) in [7, 11) is 0. The highest BCUT2D eigenvalue weighted by Crippen LogP contribution is 2.21. The van der Waals surface area contributed by atoms with Gasteiger partial charge in [-0.25, -0.2) is 0 Å². The van der Waals surface area contributed by atoms with Crippen molar-refractivity contribution in [3.05, 3.63) is 35.9 Å². The van der Waals surface area contributed by atoms with Crippen LogP contribution in [0.3, 0.4) is 0 Å².